The smallest absolute Gasteiger partial charge is 0.337 e. The summed E-state index contributed by atoms with van der Waals surface area (Å²) in [5, 5.41) is 1.91. The molecule has 35 heavy (non-hydrogen) atoms. The molecule has 2 amide bonds. The maximum Gasteiger partial charge on any atom is 0.416 e. The normalized spacial score (nSPS) is 22.7. The second-order valence-corrected chi connectivity index (χ2v) is 8.42. The third kappa shape index (κ3) is 4.82. The number of nitrogens with zero attached hydrogens (tertiary/aromatic N) is 2. The molecule has 14 heteroatoms. The van der Waals surface area contributed by atoms with Crippen LogP contribution >= 0.6 is 11.6 Å². The summed E-state index contributed by atoms with van der Waals surface area (Å²) in [4.78, 5) is 36.3. The first-order chi connectivity index (χ1) is 16.3. The summed E-state index contributed by atoms with van der Waals surface area (Å²) in [6.07, 6.45) is -9.45. The van der Waals surface area contributed by atoms with Crippen molar-refractivity contribution in [1.29, 1.82) is 0 Å². The van der Waals surface area contributed by atoms with Crippen LogP contribution in [0.1, 0.15) is 33.6 Å². The molecule has 0 spiro atoms. The number of amides is 2. The lowest BCUT2D eigenvalue weighted by atomic mass is 9.76. The van der Waals surface area contributed by atoms with E-state index in [1.54, 1.807) is 0 Å². The van der Waals surface area contributed by atoms with E-state index in [4.69, 9.17) is 16.4 Å². The molecule has 7 nitrogen and oxygen atoms in total. The zero-order valence-corrected chi connectivity index (χ0v) is 18.2. The Balaban J connectivity index is 1.58. The summed E-state index contributed by atoms with van der Waals surface area (Å²) in [6, 6.07) is 3.48. The minimum Gasteiger partial charge on any atom is -0.337 e. The molecule has 2 N–H and O–H groups in total. The number of hydrogen-bond acceptors (Lipinski definition) is 5. The molecule has 1 fully saturated rings. The minimum atomic E-state index is -4.94. The largest absolute Gasteiger partial charge is 0.416 e. The Morgan fingerprint density at radius 2 is 1.91 bits per heavy atom. The number of carbonyl (C=O) groups is 2. The van der Waals surface area contributed by atoms with Gasteiger partial charge in [0.05, 0.1) is 12.1 Å². The fourth-order valence-electron chi connectivity index (χ4n) is 3.78. The molecule has 4 rings (SSSR count). The maximum atomic E-state index is 14.2. The van der Waals surface area contributed by atoms with Gasteiger partial charge in [0.1, 0.15) is 23.8 Å². The molecule has 2 aliphatic rings. The van der Waals surface area contributed by atoms with E-state index < -0.39 is 64.7 Å². The van der Waals surface area contributed by atoms with Crippen molar-refractivity contribution in [1.82, 2.24) is 15.8 Å². The molecule has 3 heterocycles. The van der Waals surface area contributed by atoms with Gasteiger partial charge >= 0.3 is 12.4 Å². The first-order valence-corrected chi connectivity index (χ1v) is 10.4. The van der Waals surface area contributed by atoms with Crippen molar-refractivity contribution in [2.45, 2.75) is 30.2 Å². The van der Waals surface area contributed by atoms with Gasteiger partial charge in [-0.15, -0.1) is 0 Å². The molecular weight excluding hydrogens is 506 g/mol. The van der Waals surface area contributed by atoms with Gasteiger partial charge in [0, 0.05) is 28.9 Å². The van der Waals surface area contributed by atoms with Crippen molar-refractivity contribution in [2.24, 2.45) is 4.99 Å². The molecule has 1 aromatic heterocycles. The third-order valence-electron chi connectivity index (χ3n) is 5.70. The Kier molecular flexibility index (Phi) is 6.26. The SMILES string of the molecule is O=C(NC1CONC1=O)c1ccc(C2=NCC(c3cc(Cl)cc(C(F)(F)F)c3)(C(F)(F)F)C2)cn1. The van der Waals surface area contributed by atoms with E-state index in [0.717, 1.165) is 12.3 Å². The number of benzene rings is 1. The van der Waals surface area contributed by atoms with Crippen LogP contribution in [0.15, 0.2) is 41.5 Å². The van der Waals surface area contributed by atoms with Crippen molar-refractivity contribution >= 4 is 29.1 Å². The fraction of sp³-hybridized carbons (Fsp3) is 0.333. The van der Waals surface area contributed by atoms with Gasteiger partial charge in [0.2, 0.25) is 0 Å². The number of hydroxylamine groups is 1. The van der Waals surface area contributed by atoms with E-state index >= 15 is 0 Å². The van der Waals surface area contributed by atoms with Crippen LogP contribution in [0.3, 0.4) is 0 Å². The summed E-state index contributed by atoms with van der Waals surface area (Å²) in [6.45, 7) is -0.930. The van der Waals surface area contributed by atoms with Crippen molar-refractivity contribution in [3.05, 3.63) is 63.9 Å². The Morgan fingerprint density at radius 3 is 2.49 bits per heavy atom. The van der Waals surface area contributed by atoms with E-state index in [-0.39, 0.29) is 23.6 Å². The number of rotatable bonds is 4. The van der Waals surface area contributed by atoms with Gasteiger partial charge in [-0.1, -0.05) is 11.6 Å². The molecule has 0 bridgehead atoms. The van der Waals surface area contributed by atoms with E-state index in [1.165, 1.54) is 12.1 Å². The average Bonchev–Trinajstić information content (AvgIpc) is 3.40. The van der Waals surface area contributed by atoms with Crippen molar-refractivity contribution in [3.63, 3.8) is 0 Å². The monoisotopic (exact) mass is 520 g/mol. The minimum absolute atomic E-state index is 0.0427. The highest BCUT2D eigenvalue weighted by atomic mass is 35.5. The Morgan fingerprint density at radius 1 is 1.17 bits per heavy atom. The molecule has 0 aliphatic carbocycles. The van der Waals surface area contributed by atoms with Crippen molar-refractivity contribution < 1.29 is 40.8 Å². The van der Waals surface area contributed by atoms with Crippen LogP contribution in [0.2, 0.25) is 5.02 Å². The molecule has 2 atom stereocenters. The predicted molar refractivity (Wildman–Crippen MR) is 110 cm³/mol. The summed E-state index contributed by atoms with van der Waals surface area (Å²) in [5.41, 5.74) is -2.59. The molecule has 2 aromatic rings. The van der Waals surface area contributed by atoms with Crippen LogP contribution in [-0.2, 0) is 21.2 Å². The Hall–Kier alpha value is -3.19. The van der Waals surface area contributed by atoms with Crippen LogP contribution in [0.5, 0.6) is 0 Å². The predicted octanol–water partition coefficient (Wildman–Crippen LogP) is 3.61. The summed E-state index contributed by atoms with van der Waals surface area (Å²) in [5.74, 6) is -1.26. The molecule has 2 unspecified atom stereocenters. The van der Waals surface area contributed by atoms with Gasteiger partial charge < -0.3 is 5.32 Å². The first kappa shape index (κ1) is 24.9. The molecule has 1 saturated heterocycles. The van der Waals surface area contributed by atoms with Crippen molar-refractivity contribution in [3.8, 4) is 0 Å². The van der Waals surface area contributed by atoms with Gasteiger partial charge in [-0.05, 0) is 35.9 Å². The van der Waals surface area contributed by atoms with E-state index in [1.807, 2.05) is 0 Å². The maximum absolute atomic E-state index is 14.2. The third-order valence-corrected chi connectivity index (χ3v) is 5.92. The first-order valence-electron chi connectivity index (χ1n) is 9.97. The van der Waals surface area contributed by atoms with Crippen LogP contribution in [0.4, 0.5) is 26.3 Å². The molecule has 2 aliphatic heterocycles. The Labute approximate surface area is 198 Å². The summed E-state index contributed by atoms with van der Waals surface area (Å²) < 4.78 is 82.3. The zero-order chi connectivity index (χ0) is 25.6. The van der Waals surface area contributed by atoms with Gasteiger partial charge in [-0.2, -0.15) is 26.3 Å². The van der Waals surface area contributed by atoms with Crippen molar-refractivity contribution in [2.75, 3.05) is 13.2 Å². The second-order valence-electron chi connectivity index (χ2n) is 7.98. The highest BCUT2D eigenvalue weighted by Crippen LogP contribution is 2.49. The number of pyridine rings is 1. The van der Waals surface area contributed by atoms with Crippen LogP contribution in [0.25, 0.3) is 0 Å². The number of hydrogen-bond donors (Lipinski definition) is 2. The number of halogens is 7. The molecule has 1 aromatic carbocycles. The molecule has 186 valence electrons. The van der Waals surface area contributed by atoms with Crippen LogP contribution in [-0.4, -0.2) is 47.9 Å². The quantitative estimate of drug-likeness (QED) is 0.603. The van der Waals surface area contributed by atoms with Crippen LogP contribution < -0.4 is 10.8 Å². The Bertz CT molecular complexity index is 1200. The number of aromatic nitrogens is 1. The van der Waals surface area contributed by atoms with E-state index in [0.29, 0.717) is 12.1 Å². The topological polar surface area (TPSA) is 92.7 Å². The number of carbonyl (C=O) groups excluding carboxylic acids is 2. The van der Waals surface area contributed by atoms with Gasteiger partial charge in [0.15, 0.2) is 0 Å². The lowest BCUT2D eigenvalue weighted by Gasteiger charge is -2.32. The van der Waals surface area contributed by atoms with E-state index in [9.17, 15) is 35.9 Å². The molecule has 0 radical (unpaired) electrons. The number of alkyl halides is 6. The number of aliphatic imine (C=N–C) groups is 1. The highest BCUT2D eigenvalue weighted by Gasteiger charge is 2.59. The van der Waals surface area contributed by atoms with E-state index in [2.05, 4.69) is 20.8 Å². The number of nitrogens with one attached hydrogen (secondary N) is 2. The van der Waals surface area contributed by atoms with Gasteiger partial charge in [0.25, 0.3) is 11.8 Å². The fourth-order valence-corrected chi connectivity index (χ4v) is 4.01. The standard InChI is InChI=1S/C21H15ClF6N4O3/c22-13-4-11(3-12(5-13)20(23,24)25)19(21(26,27)28)6-15(30-9-19)10-1-2-14(29-7-10)17(33)31-16-8-35-32-18(16)34/h1-5,7,16H,6,8-9H2,(H,31,33)(H,32,34). The lowest BCUT2D eigenvalue weighted by molar-refractivity contribution is -0.184. The summed E-state index contributed by atoms with van der Waals surface area (Å²) >= 11 is 5.73. The molecule has 0 saturated carbocycles. The zero-order valence-electron chi connectivity index (χ0n) is 17.4. The lowest BCUT2D eigenvalue weighted by Crippen LogP contribution is -2.44. The van der Waals surface area contributed by atoms with Gasteiger partial charge in [-0.3, -0.25) is 24.4 Å². The van der Waals surface area contributed by atoms with Gasteiger partial charge in [-0.25, -0.2) is 5.48 Å². The molecular formula is C21H15ClF6N4O3. The summed E-state index contributed by atoms with van der Waals surface area (Å²) in [7, 11) is 0. The highest BCUT2D eigenvalue weighted by molar-refractivity contribution is 6.30. The average molecular weight is 521 g/mol. The second kappa shape index (κ2) is 8.79. The van der Waals surface area contributed by atoms with Crippen LogP contribution in [0, 0.1) is 0 Å².